The third-order valence-corrected chi connectivity index (χ3v) is 2.63. The summed E-state index contributed by atoms with van der Waals surface area (Å²) in [7, 11) is 0. The molecule has 0 spiro atoms. The summed E-state index contributed by atoms with van der Waals surface area (Å²) < 4.78 is 1.19. The van der Waals surface area contributed by atoms with Gasteiger partial charge in [-0.3, -0.25) is 14.2 Å². The van der Waals surface area contributed by atoms with Gasteiger partial charge in [0.2, 0.25) is 5.91 Å². The van der Waals surface area contributed by atoms with E-state index in [2.05, 4.69) is 10.3 Å². The number of hydrogen-bond acceptors (Lipinski definition) is 4. The van der Waals surface area contributed by atoms with E-state index in [1.807, 2.05) is 0 Å². The number of nitrogen functional groups attached to an aromatic ring is 1. The Balaban J connectivity index is 2.12. The lowest BCUT2D eigenvalue weighted by atomic mass is 10.2. The Morgan fingerprint density at radius 2 is 2.21 bits per heavy atom. The van der Waals surface area contributed by atoms with Crippen LogP contribution in [0.4, 0.5) is 11.4 Å². The van der Waals surface area contributed by atoms with Crippen LogP contribution in [0.2, 0.25) is 5.02 Å². The minimum absolute atomic E-state index is 0.140. The van der Waals surface area contributed by atoms with Crippen molar-refractivity contribution >= 4 is 28.9 Å². The number of hydrogen-bond donors (Lipinski definition) is 2. The monoisotopic (exact) mass is 278 g/mol. The molecule has 0 unspecified atom stereocenters. The molecule has 2 aromatic rings. The number of rotatable bonds is 3. The molecule has 3 N–H and O–H groups in total. The molecule has 6 nitrogen and oxygen atoms in total. The Morgan fingerprint density at radius 1 is 1.42 bits per heavy atom. The predicted molar refractivity (Wildman–Crippen MR) is 73.0 cm³/mol. The van der Waals surface area contributed by atoms with Gasteiger partial charge in [0.1, 0.15) is 6.54 Å². The molecule has 1 heterocycles. The van der Waals surface area contributed by atoms with Crippen molar-refractivity contribution in [1.82, 2.24) is 9.55 Å². The first-order valence-electron chi connectivity index (χ1n) is 5.41. The van der Waals surface area contributed by atoms with Crippen LogP contribution in [0.3, 0.4) is 0 Å². The first-order valence-corrected chi connectivity index (χ1v) is 5.79. The maximum Gasteiger partial charge on any atom is 0.253 e. The lowest BCUT2D eigenvalue weighted by Crippen LogP contribution is -2.27. The number of carbonyl (C=O) groups excluding carboxylic acids is 1. The van der Waals surface area contributed by atoms with E-state index >= 15 is 0 Å². The van der Waals surface area contributed by atoms with Gasteiger partial charge < -0.3 is 11.1 Å². The number of amides is 1. The number of anilines is 2. The summed E-state index contributed by atoms with van der Waals surface area (Å²) in [5.74, 6) is -0.385. The van der Waals surface area contributed by atoms with Gasteiger partial charge in [0, 0.05) is 17.3 Å². The number of nitrogens with zero attached hydrogens (tertiary/aromatic N) is 2. The summed E-state index contributed by atoms with van der Waals surface area (Å²) in [5.41, 5.74) is 6.22. The van der Waals surface area contributed by atoms with Crippen molar-refractivity contribution in [2.24, 2.45) is 0 Å². The van der Waals surface area contributed by atoms with Crippen LogP contribution in [-0.4, -0.2) is 15.5 Å². The van der Waals surface area contributed by atoms with Crippen LogP contribution in [0.15, 0.2) is 41.6 Å². The van der Waals surface area contributed by atoms with Gasteiger partial charge in [0.05, 0.1) is 17.7 Å². The molecular weight excluding hydrogens is 268 g/mol. The molecule has 0 aliphatic carbocycles. The fourth-order valence-corrected chi connectivity index (χ4v) is 1.65. The summed E-state index contributed by atoms with van der Waals surface area (Å²) in [6.07, 6.45) is 2.66. The molecule has 7 heteroatoms. The number of benzene rings is 1. The van der Waals surface area contributed by atoms with Crippen molar-refractivity contribution in [3.05, 3.63) is 52.2 Å². The summed E-state index contributed by atoms with van der Waals surface area (Å²) in [4.78, 5) is 27.0. The van der Waals surface area contributed by atoms with Crippen LogP contribution in [0.25, 0.3) is 0 Å². The van der Waals surface area contributed by atoms with Gasteiger partial charge in [-0.05, 0) is 18.2 Å². The van der Waals surface area contributed by atoms with E-state index < -0.39 is 0 Å². The SMILES string of the molecule is Nc1ccc(Cl)cc1NC(=O)Cn1cnccc1=O. The second-order valence-corrected chi connectivity index (χ2v) is 4.26. The number of carbonyl (C=O) groups is 1. The number of halogens is 1. The predicted octanol–water partition coefficient (Wildman–Crippen LogP) is 1.12. The molecule has 1 amide bonds. The minimum Gasteiger partial charge on any atom is -0.397 e. The first kappa shape index (κ1) is 13.1. The largest absolute Gasteiger partial charge is 0.397 e. The Bertz CT molecular complexity index is 669. The molecule has 0 aliphatic heterocycles. The van der Waals surface area contributed by atoms with Crippen LogP contribution in [-0.2, 0) is 11.3 Å². The van der Waals surface area contributed by atoms with Crippen molar-refractivity contribution in [3.8, 4) is 0 Å². The van der Waals surface area contributed by atoms with Crippen LogP contribution in [0.5, 0.6) is 0 Å². The summed E-state index contributed by atoms with van der Waals surface area (Å²) in [5, 5.41) is 3.05. The molecule has 0 aliphatic rings. The van der Waals surface area contributed by atoms with Crippen molar-refractivity contribution in [1.29, 1.82) is 0 Å². The van der Waals surface area contributed by atoms with E-state index in [0.717, 1.165) is 0 Å². The second-order valence-electron chi connectivity index (χ2n) is 3.83. The normalized spacial score (nSPS) is 10.2. The van der Waals surface area contributed by atoms with Crippen LogP contribution in [0.1, 0.15) is 0 Å². The molecule has 19 heavy (non-hydrogen) atoms. The molecule has 1 aromatic heterocycles. The van der Waals surface area contributed by atoms with Gasteiger partial charge in [-0.25, -0.2) is 4.98 Å². The van der Waals surface area contributed by atoms with Gasteiger partial charge in [-0.1, -0.05) is 11.6 Å². The highest BCUT2D eigenvalue weighted by Gasteiger charge is 2.07. The molecule has 0 bridgehead atoms. The van der Waals surface area contributed by atoms with E-state index in [9.17, 15) is 9.59 Å². The van der Waals surface area contributed by atoms with Crippen molar-refractivity contribution in [2.45, 2.75) is 6.54 Å². The quantitative estimate of drug-likeness (QED) is 0.823. The van der Waals surface area contributed by atoms with Gasteiger partial charge in [0.25, 0.3) is 5.56 Å². The van der Waals surface area contributed by atoms with Crippen molar-refractivity contribution in [3.63, 3.8) is 0 Å². The summed E-state index contributed by atoms with van der Waals surface area (Å²) in [6, 6.07) is 6.04. The molecule has 0 fully saturated rings. The van der Waals surface area contributed by atoms with Crippen molar-refractivity contribution < 1.29 is 4.79 Å². The molecular formula is C12H11ClN4O2. The average molecular weight is 279 g/mol. The van der Waals surface area contributed by atoms with E-state index in [1.165, 1.54) is 23.2 Å². The van der Waals surface area contributed by atoms with Crippen LogP contribution < -0.4 is 16.6 Å². The number of nitrogens with two attached hydrogens (primary N) is 1. The maximum atomic E-state index is 11.8. The smallest absolute Gasteiger partial charge is 0.253 e. The van der Waals surface area contributed by atoms with E-state index in [4.69, 9.17) is 17.3 Å². The highest BCUT2D eigenvalue weighted by atomic mass is 35.5. The standard InChI is InChI=1S/C12H11ClN4O2/c13-8-1-2-9(14)10(5-8)16-11(18)6-17-7-15-4-3-12(17)19/h1-5,7H,6,14H2,(H,16,18). The Kier molecular flexibility index (Phi) is 3.82. The summed E-state index contributed by atoms with van der Waals surface area (Å²) >= 11 is 5.81. The maximum absolute atomic E-state index is 11.8. The second kappa shape index (κ2) is 5.53. The molecule has 0 saturated heterocycles. The fraction of sp³-hybridized carbons (Fsp3) is 0.0833. The lowest BCUT2D eigenvalue weighted by Gasteiger charge is -2.09. The van der Waals surface area contributed by atoms with Gasteiger partial charge in [0.15, 0.2) is 0 Å². The first-order chi connectivity index (χ1) is 9.06. The van der Waals surface area contributed by atoms with Crippen LogP contribution in [0, 0.1) is 0 Å². The third-order valence-electron chi connectivity index (χ3n) is 2.40. The zero-order chi connectivity index (χ0) is 13.8. The molecule has 1 aromatic carbocycles. The average Bonchev–Trinajstić information content (AvgIpc) is 2.37. The van der Waals surface area contributed by atoms with E-state index in [1.54, 1.807) is 18.2 Å². The molecule has 2 rings (SSSR count). The molecule has 0 radical (unpaired) electrons. The lowest BCUT2D eigenvalue weighted by molar-refractivity contribution is -0.116. The van der Waals surface area contributed by atoms with E-state index in [0.29, 0.717) is 16.4 Å². The third kappa shape index (κ3) is 3.32. The van der Waals surface area contributed by atoms with Gasteiger partial charge >= 0.3 is 0 Å². The minimum atomic E-state index is -0.385. The topological polar surface area (TPSA) is 90.0 Å². The Hall–Kier alpha value is -2.34. The summed E-state index contributed by atoms with van der Waals surface area (Å²) in [6.45, 7) is -0.140. The van der Waals surface area contributed by atoms with Crippen molar-refractivity contribution in [2.75, 3.05) is 11.1 Å². The Morgan fingerprint density at radius 3 is 2.95 bits per heavy atom. The highest BCUT2D eigenvalue weighted by molar-refractivity contribution is 6.31. The zero-order valence-corrected chi connectivity index (χ0v) is 10.6. The molecule has 98 valence electrons. The zero-order valence-electron chi connectivity index (χ0n) is 9.84. The fourth-order valence-electron chi connectivity index (χ4n) is 1.48. The van der Waals surface area contributed by atoms with Crippen LogP contribution >= 0.6 is 11.6 Å². The van der Waals surface area contributed by atoms with E-state index in [-0.39, 0.29) is 18.0 Å². The number of nitrogens with one attached hydrogen (secondary N) is 1. The molecule has 0 saturated carbocycles. The van der Waals surface area contributed by atoms with Gasteiger partial charge in [-0.2, -0.15) is 0 Å². The molecule has 0 atom stereocenters. The Labute approximate surface area is 113 Å². The highest BCUT2D eigenvalue weighted by Crippen LogP contribution is 2.22. The van der Waals surface area contributed by atoms with Gasteiger partial charge in [-0.15, -0.1) is 0 Å². The number of aromatic nitrogens is 2.